The van der Waals surface area contributed by atoms with Crippen LogP contribution in [0.2, 0.25) is 0 Å². The van der Waals surface area contributed by atoms with E-state index in [1.54, 1.807) is 7.11 Å². The van der Waals surface area contributed by atoms with Crippen molar-refractivity contribution in [2.75, 3.05) is 20.2 Å². The number of hydrogen-bond donors (Lipinski definition) is 0. The SMILES string of the molecule is COc1ccc(CCN2CCCCC2C#N)cc1. The zero-order chi connectivity index (χ0) is 12.8. The Hall–Kier alpha value is -1.53. The van der Waals surface area contributed by atoms with E-state index in [0.717, 1.165) is 31.7 Å². The van der Waals surface area contributed by atoms with E-state index in [0.29, 0.717) is 0 Å². The van der Waals surface area contributed by atoms with E-state index in [4.69, 9.17) is 10.00 Å². The van der Waals surface area contributed by atoms with Crippen LogP contribution in [0.4, 0.5) is 0 Å². The summed E-state index contributed by atoms with van der Waals surface area (Å²) in [7, 11) is 1.68. The van der Waals surface area contributed by atoms with Gasteiger partial charge in [0.25, 0.3) is 0 Å². The van der Waals surface area contributed by atoms with Crippen LogP contribution in [0.1, 0.15) is 24.8 Å². The number of hydrogen-bond acceptors (Lipinski definition) is 3. The van der Waals surface area contributed by atoms with Gasteiger partial charge in [0.15, 0.2) is 0 Å². The van der Waals surface area contributed by atoms with Crippen LogP contribution in [-0.2, 0) is 6.42 Å². The summed E-state index contributed by atoms with van der Waals surface area (Å²) in [6.45, 7) is 2.04. The smallest absolute Gasteiger partial charge is 0.118 e. The Labute approximate surface area is 109 Å². The van der Waals surface area contributed by atoms with Crippen molar-refractivity contribution >= 4 is 0 Å². The molecule has 3 heteroatoms. The van der Waals surface area contributed by atoms with Gasteiger partial charge in [-0.1, -0.05) is 12.1 Å². The van der Waals surface area contributed by atoms with Crippen molar-refractivity contribution in [3.8, 4) is 11.8 Å². The van der Waals surface area contributed by atoms with E-state index in [1.165, 1.54) is 18.4 Å². The number of likely N-dealkylation sites (tertiary alicyclic amines) is 1. The Bertz CT molecular complexity index is 407. The van der Waals surface area contributed by atoms with Gasteiger partial charge in [0, 0.05) is 6.54 Å². The monoisotopic (exact) mass is 244 g/mol. The van der Waals surface area contributed by atoms with E-state index in [9.17, 15) is 0 Å². The third kappa shape index (κ3) is 3.24. The predicted molar refractivity (Wildman–Crippen MR) is 71.5 cm³/mol. The molecule has 1 atom stereocenters. The molecule has 1 unspecified atom stereocenters. The van der Waals surface area contributed by atoms with Crippen molar-refractivity contribution in [3.05, 3.63) is 29.8 Å². The Kier molecular flexibility index (Phi) is 4.60. The average Bonchev–Trinajstić information content (AvgIpc) is 2.46. The molecule has 0 saturated carbocycles. The number of ether oxygens (including phenoxy) is 1. The van der Waals surface area contributed by atoms with Crippen molar-refractivity contribution in [1.82, 2.24) is 4.90 Å². The zero-order valence-electron chi connectivity index (χ0n) is 10.9. The third-order valence-corrected chi connectivity index (χ3v) is 3.61. The molecule has 0 bridgehead atoms. The highest BCUT2D eigenvalue weighted by Gasteiger charge is 2.21. The topological polar surface area (TPSA) is 36.3 Å². The fourth-order valence-electron chi connectivity index (χ4n) is 2.47. The van der Waals surface area contributed by atoms with Gasteiger partial charge in [0.1, 0.15) is 5.75 Å². The Morgan fingerprint density at radius 1 is 1.33 bits per heavy atom. The van der Waals surface area contributed by atoms with Gasteiger partial charge in [-0.15, -0.1) is 0 Å². The summed E-state index contributed by atoms with van der Waals surface area (Å²) in [6, 6.07) is 10.7. The molecule has 1 aliphatic heterocycles. The molecule has 0 aromatic heterocycles. The van der Waals surface area contributed by atoms with Gasteiger partial charge in [-0.25, -0.2) is 0 Å². The number of rotatable bonds is 4. The lowest BCUT2D eigenvalue weighted by Gasteiger charge is -2.31. The van der Waals surface area contributed by atoms with Crippen LogP contribution in [0.15, 0.2) is 24.3 Å². The second kappa shape index (κ2) is 6.42. The molecule has 0 amide bonds. The molecular formula is C15H20N2O. The predicted octanol–water partition coefficient (Wildman–Crippen LogP) is 2.62. The zero-order valence-corrected chi connectivity index (χ0v) is 10.9. The van der Waals surface area contributed by atoms with Crippen molar-refractivity contribution in [2.45, 2.75) is 31.7 Å². The summed E-state index contributed by atoms with van der Waals surface area (Å²) < 4.78 is 5.14. The highest BCUT2D eigenvalue weighted by atomic mass is 16.5. The first-order valence-corrected chi connectivity index (χ1v) is 6.60. The summed E-state index contributed by atoms with van der Waals surface area (Å²) in [5.41, 5.74) is 1.30. The lowest BCUT2D eigenvalue weighted by atomic mass is 10.0. The fourth-order valence-corrected chi connectivity index (χ4v) is 2.47. The van der Waals surface area contributed by atoms with Crippen molar-refractivity contribution in [3.63, 3.8) is 0 Å². The number of nitriles is 1. The summed E-state index contributed by atoms with van der Waals surface area (Å²) in [5.74, 6) is 0.895. The third-order valence-electron chi connectivity index (χ3n) is 3.61. The Balaban J connectivity index is 1.88. The minimum atomic E-state index is 0.122. The highest BCUT2D eigenvalue weighted by molar-refractivity contribution is 5.27. The van der Waals surface area contributed by atoms with Crippen LogP contribution in [0, 0.1) is 11.3 Å². The van der Waals surface area contributed by atoms with E-state index in [2.05, 4.69) is 23.1 Å². The molecule has 1 aromatic carbocycles. The van der Waals surface area contributed by atoms with Gasteiger partial charge < -0.3 is 4.74 Å². The van der Waals surface area contributed by atoms with Gasteiger partial charge in [-0.05, 0) is 49.9 Å². The van der Waals surface area contributed by atoms with E-state index >= 15 is 0 Å². The number of methoxy groups -OCH3 is 1. The minimum absolute atomic E-state index is 0.122. The Morgan fingerprint density at radius 2 is 2.11 bits per heavy atom. The highest BCUT2D eigenvalue weighted by Crippen LogP contribution is 2.17. The number of benzene rings is 1. The molecule has 1 fully saturated rings. The lowest BCUT2D eigenvalue weighted by Crippen LogP contribution is -2.39. The summed E-state index contributed by atoms with van der Waals surface area (Å²) >= 11 is 0. The molecule has 1 heterocycles. The van der Waals surface area contributed by atoms with Crippen molar-refractivity contribution < 1.29 is 4.74 Å². The molecule has 96 valence electrons. The number of piperidine rings is 1. The maximum atomic E-state index is 9.12. The summed E-state index contributed by atoms with van der Waals surface area (Å²) in [5, 5.41) is 9.12. The van der Waals surface area contributed by atoms with Gasteiger partial charge in [0.05, 0.1) is 19.2 Å². The van der Waals surface area contributed by atoms with Gasteiger partial charge in [-0.2, -0.15) is 5.26 Å². The maximum Gasteiger partial charge on any atom is 0.118 e. The number of nitrogens with zero attached hydrogens (tertiary/aromatic N) is 2. The average molecular weight is 244 g/mol. The van der Waals surface area contributed by atoms with Gasteiger partial charge >= 0.3 is 0 Å². The molecule has 0 aliphatic carbocycles. The van der Waals surface area contributed by atoms with E-state index < -0.39 is 0 Å². The minimum Gasteiger partial charge on any atom is -0.497 e. The van der Waals surface area contributed by atoms with E-state index in [1.807, 2.05) is 12.1 Å². The van der Waals surface area contributed by atoms with Crippen LogP contribution < -0.4 is 4.74 Å². The second-order valence-corrected chi connectivity index (χ2v) is 4.77. The Morgan fingerprint density at radius 3 is 2.78 bits per heavy atom. The van der Waals surface area contributed by atoms with Gasteiger partial charge in [0.2, 0.25) is 0 Å². The maximum absolute atomic E-state index is 9.12. The molecule has 1 saturated heterocycles. The molecule has 2 rings (SSSR count). The largest absolute Gasteiger partial charge is 0.497 e. The first kappa shape index (κ1) is 12.9. The summed E-state index contributed by atoms with van der Waals surface area (Å²) in [4.78, 5) is 2.31. The normalized spacial score (nSPS) is 20.3. The lowest BCUT2D eigenvalue weighted by molar-refractivity contribution is 0.187. The molecular weight excluding hydrogens is 224 g/mol. The molecule has 1 aliphatic rings. The molecule has 0 spiro atoms. The van der Waals surface area contributed by atoms with Crippen LogP contribution in [-0.4, -0.2) is 31.1 Å². The first-order valence-electron chi connectivity index (χ1n) is 6.60. The molecule has 3 nitrogen and oxygen atoms in total. The van der Waals surface area contributed by atoms with Crippen LogP contribution in [0.25, 0.3) is 0 Å². The van der Waals surface area contributed by atoms with Crippen LogP contribution in [0.5, 0.6) is 5.75 Å². The molecule has 18 heavy (non-hydrogen) atoms. The summed E-state index contributed by atoms with van der Waals surface area (Å²) in [6.07, 6.45) is 4.44. The van der Waals surface area contributed by atoms with Gasteiger partial charge in [-0.3, -0.25) is 4.90 Å². The van der Waals surface area contributed by atoms with Crippen molar-refractivity contribution in [1.29, 1.82) is 5.26 Å². The van der Waals surface area contributed by atoms with Crippen LogP contribution in [0.3, 0.4) is 0 Å². The molecule has 0 N–H and O–H groups in total. The second-order valence-electron chi connectivity index (χ2n) is 4.77. The van der Waals surface area contributed by atoms with E-state index in [-0.39, 0.29) is 6.04 Å². The fraction of sp³-hybridized carbons (Fsp3) is 0.533. The standard InChI is InChI=1S/C15H20N2O/c1-18-15-7-5-13(6-8-15)9-11-17-10-3-2-4-14(17)12-16/h5-8,14H,2-4,9-11H2,1H3. The molecule has 1 aromatic rings. The molecule has 0 radical (unpaired) electrons. The van der Waals surface area contributed by atoms with Crippen LogP contribution >= 0.6 is 0 Å². The quantitative estimate of drug-likeness (QED) is 0.817. The first-order chi connectivity index (χ1) is 8.83. The van der Waals surface area contributed by atoms with Crippen molar-refractivity contribution in [2.24, 2.45) is 0 Å².